The Labute approximate surface area is 158 Å². The van der Waals surface area contributed by atoms with Crippen LogP contribution in [0.5, 0.6) is 0 Å². The molecule has 2 aromatic heterocycles. The van der Waals surface area contributed by atoms with Gasteiger partial charge in [0.1, 0.15) is 11.4 Å². The number of para-hydroxylation sites is 2. The van der Waals surface area contributed by atoms with E-state index >= 15 is 0 Å². The number of benzene rings is 2. The molecule has 4 aromatic rings. The maximum atomic E-state index is 13.4. The molecule has 138 valence electrons. The summed E-state index contributed by atoms with van der Waals surface area (Å²) in [6.45, 7) is 6.25. The minimum absolute atomic E-state index is 0.0985. The molecule has 5 heteroatoms. The van der Waals surface area contributed by atoms with E-state index in [1.165, 1.54) is 0 Å². The Hall–Kier alpha value is -2.92. The van der Waals surface area contributed by atoms with Crippen LogP contribution in [0.4, 0.5) is 0 Å². The Morgan fingerprint density at radius 3 is 2.26 bits per heavy atom. The van der Waals surface area contributed by atoms with E-state index in [1.54, 1.807) is 0 Å². The Balaban J connectivity index is 2.00. The summed E-state index contributed by atoms with van der Waals surface area (Å²) in [5, 5.41) is 0. The summed E-state index contributed by atoms with van der Waals surface area (Å²) in [5.41, 5.74) is 4.46. The SMILES string of the molecule is CCN(CC)CC(=O)c1c(-c2ccccc2)nc2n(C)c3ccccc3n12. The van der Waals surface area contributed by atoms with E-state index in [9.17, 15) is 4.79 Å². The average Bonchev–Trinajstić information content (AvgIpc) is 3.23. The van der Waals surface area contributed by atoms with Gasteiger partial charge < -0.3 is 4.57 Å². The number of ketones is 1. The van der Waals surface area contributed by atoms with Gasteiger partial charge in [-0.25, -0.2) is 4.98 Å². The maximum absolute atomic E-state index is 13.4. The number of likely N-dealkylation sites (N-methyl/N-ethyl adjacent to an activating group) is 1. The van der Waals surface area contributed by atoms with Crippen LogP contribution in [0.1, 0.15) is 24.3 Å². The molecule has 0 unspecified atom stereocenters. The van der Waals surface area contributed by atoms with Gasteiger partial charge in [-0.15, -0.1) is 0 Å². The van der Waals surface area contributed by atoms with Crippen LogP contribution in [0.25, 0.3) is 28.1 Å². The lowest BCUT2D eigenvalue weighted by atomic mass is 10.1. The number of hydrogen-bond donors (Lipinski definition) is 0. The molecule has 5 nitrogen and oxygen atoms in total. The average molecular weight is 360 g/mol. The third-order valence-corrected chi connectivity index (χ3v) is 5.22. The van der Waals surface area contributed by atoms with Gasteiger partial charge in [0.25, 0.3) is 0 Å². The van der Waals surface area contributed by atoms with Crippen LogP contribution in [0.3, 0.4) is 0 Å². The van der Waals surface area contributed by atoms with E-state index in [2.05, 4.69) is 29.4 Å². The van der Waals surface area contributed by atoms with Gasteiger partial charge >= 0.3 is 0 Å². The summed E-state index contributed by atoms with van der Waals surface area (Å²) in [6, 6.07) is 18.1. The smallest absolute Gasteiger partial charge is 0.215 e. The summed E-state index contributed by atoms with van der Waals surface area (Å²) >= 11 is 0. The van der Waals surface area contributed by atoms with Gasteiger partial charge in [0, 0.05) is 12.6 Å². The molecule has 0 saturated heterocycles. The fourth-order valence-electron chi connectivity index (χ4n) is 3.69. The normalized spacial score (nSPS) is 11.7. The van der Waals surface area contributed by atoms with Gasteiger partial charge in [0.05, 0.1) is 17.6 Å². The highest BCUT2D eigenvalue weighted by Gasteiger charge is 2.25. The molecule has 0 atom stereocenters. The number of rotatable bonds is 6. The molecule has 0 amide bonds. The molecular formula is C22H24N4O. The van der Waals surface area contributed by atoms with Crippen LogP contribution in [0.2, 0.25) is 0 Å². The summed E-state index contributed by atoms with van der Waals surface area (Å²) in [6.07, 6.45) is 0. The van der Waals surface area contributed by atoms with Crippen LogP contribution in [0, 0.1) is 0 Å². The number of imidazole rings is 2. The van der Waals surface area contributed by atoms with E-state index in [4.69, 9.17) is 4.98 Å². The maximum Gasteiger partial charge on any atom is 0.215 e. The summed E-state index contributed by atoms with van der Waals surface area (Å²) in [4.78, 5) is 20.4. The van der Waals surface area contributed by atoms with E-state index in [0.29, 0.717) is 12.2 Å². The van der Waals surface area contributed by atoms with E-state index in [1.807, 2.05) is 60.0 Å². The molecule has 0 radical (unpaired) electrons. The predicted molar refractivity (Wildman–Crippen MR) is 109 cm³/mol. The van der Waals surface area contributed by atoms with Crippen molar-refractivity contribution in [3.63, 3.8) is 0 Å². The lowest BCUT2D eigenvalue weighted by molar-refractivity contribution is 0.0932. The zero-order valence-corrected chi connectivity index (χ0v) is 16.0. The van der Waals surface area contributed by atoms with Crippen molar-refractivity contribution in [3.05, 3.63) is 60.3 Å². The molecule has 0 aliphatic heterocycles. The van der Waals surface area contributed by atoms with Gasteiger partial charge in [0.2, 0.25) is 5.78 Å². The first-order valence-corrected chi connectivity index (χ1v) is 9.42. The molecule has 2 aromatic carbocycles. The van der Waals surface area contributed by atoms with Crippen molar-refractivity contribution in [2.75, 3.05) is 19.6 Å². The van der Waals surface area contributed by atoms with E-state index in [0.717, 1.165) is 41.2 Å². The van der Waals surface area contributed by atoms with Crippen molar-refractivity contribution in [1.29, 1.82) is 0 Å². The number of fused-ring (bicyclic) bond motifs is 3. The van der Waals surface area contributed by atoms with Crippen molar-refractivity contribution >= 4 is 22.6 Å². The Kier molecular flexibility index (Phi) is 4.54. The fraction of sp³-hybridized carbons (Fsp3) is 0.273. The van der Waals surface area contributed by atoms with Gasteiger partial charge in [-0.05, 0) is 25.2 Å². The van der Waals surface area contributed by atoms with Gasteiger partial charge in [-0.2, -0.15) is 0 Å². The van der Waals surface area contributed by atoms with Crippen molar-refractivity contribution < 1.29 is 4.79 Å². The molecule has 0 bridgehead atoms. The third-order valence-electron chi connectivity index (χ3n) is 5.22. The predicted octanol–water partition coefficient (Wildman–Crippen LogP) is 4.02. The minimum Gasteiger partial charge on any atom is -0.313 e. The van der Waals surface area contributed by atoms with Crippen molar-refractivity contribution in [1.82, 2.24) is 18.9 Å². The first-order valence-electron chi connectivity index (χ1n) is 9.42. The fourth-order valence-corrected chi connectivity index (χ4v) is 3.69. The standard InChI is InChI=1S/C22H24N4O/c1-4-25(5-2)15-19(27)21-20(16-11-7-6-8-12-16)23-22-24(3)17-13-9-10-14-18(17)26(21)22/h6-14H,4-5,15H2,1-3H3. The number of nitrogens with zero attached hydrogens (tertiary/aromatic N) is 4. The van der Waals surface area contributed by atoms with Crippen LogP contribution >= 0.6 is 0 Å². The Morgan fingerprint density at radius 2 is 1.59 bits per heavy atom. The Bertz CT molecular complexity index is 1100. The molecule has 0 fully saturated rings. The minimum atomic E-state index is 0.0985. The van der Waals surface area contributed by atoms with Crippen molar-refractivity contribution in [2.24, 2.45) is 7.05 Å². The topological polar surface area (TPSA) is 42.5 Å². The molecule has 2 heterocycles. The second kappa shape index (κ2) is 7.00. The second-order valence-corrected chi connectivity index (χ2v) is 6.74. The van der Waals surface area contributed by atoms with Gasteiger partial charge in [0.15, 0.2) is 5.78 Å². The quantitative estimate of drug-likeness (QED) is 0.488. The second-order valence-electron chi connectivity index (χ2n) is 6.74. The molecule has 4 rings (SSSR count). The van der Waals surface area contributed by atoms with Crippen molar-refractivity contribution in [2.45, 2.75) is 13.8 Å². The van der Waals surface area contributed by atoms with Crippen LogP contribution < -0.4 is 0 Å². The zero-order chi connectivity index (χ0) is 19.0. The number of carbonyl (C=O) groups excluding carboxylic acids is 1. The number of aryl methyl sites for hydroxylation is 1. The zero-order valence-electron chi connectivity index (χ0n) is 16.0. The van der Waals surface area contributed by atoms with Crippen LogP contribution in [-0.2, 0) is 7.05 Å². The van der Waals surface area contributed by atoms with Crippen LogP contribution in [0.15, 0.2) is 54.6 Å². The van der Waals surface area contributed by atoms with E-state index in [-0.39, 0.29) is 5.78 Å². The molecule has 0 spiro atoms. The summed E-state index contributed by atoms with van der Waals surface area (Å²) < 4.78 is 4.07. The number of Topliss-reactive ketones (excluding diaryl/α,β-unsaturated/α-hetero) is 1. The lowest BCUT2D eigenvalue weighted by Gasteiger charge is -2.17. The molecule has 27 heavy (non-hydrogen) atoms. The summed E-state index contributed by atoms with van der Waals surface area (Å²) in [5.74, 6) is 0.888. The molecule has 0 aliphatic carbocycles. The van der Waals surface area contributed by atoms with Crippen molar-refractivity contribution in [3.8, 4) is 11.3 Å². The lowest BCUT2D eigenvalue weighted by Crippen LogP contribution is -2.30. The third kappa shape index (κ3) is 2.84. The van der Waals surface area contributed by atoms with Gasteiger partial charge in [-0.1, -0.05) is 56.3 Å². The van der Waals surface area contributed by atoms with Crippen LogP contribution in [-0.4, -0.2) is 44.3 Å². The first kappa shape index (κ1) is 17.5. The Morgan fingerprint density at radius 1 is 0.963 bits per heavy atom. The highest BCUT2D eigenvalue weighted by molar-refractivity contribution is 6.04. The molecular weight excluding hydrogens is 336 g/mol. The molecule has 0 N–H and O–H groups in total. The van der Waals surface area contributed by atoms with E-state index < -0.39 is 0 Å². The van der Waals surface area contributed by atoms with Gasteiger partial charge in [-0.3, -0.25) is 14.1 Å². The summed E-state index contributed by atoms with van der Waals surface area (Å²) in [7, 11) is 2.00. The largest absolute Gasteiger partial charge is 0.313 e. The first-order chi connectivity index (χ1) is 13.2. The molecule has 0 aliphatic rings. The number of aromatic nitrogens is 3. The number of hydrogen-bond acceptors (Lipinski definition) is 3. The molecule has 0 saturated carbocycles. The highest BCUT2D eigenvalue weighted by atomic mass is 16.1. The monoisotopic (exact) mass is 360 g/mol. The highest BCUT2D eigenvalue weighted by Crippen LogP contribution is 2.29. The number of carbonyl (C=O) groups is 1.